The van der Waals surface area contributed by atoms with Crippen LogP contribution in [0.1, 0.15) is 18.1 Å². The first-order chi connectivity index (χ1) is 13.8. The van der Waals surface area contributed by atoms with E-state index >= 15 is 0 Å². The Labute approximate surface area is 166 Å². The first kappa shape index (κ1) is 20.5. The van der Waals surface area contributed by atoms with Crippen molar-refractivity contribution in [1.29, 1.82) is 0 Å². The van der Waals surface area contributed by atoms with Gasteiger partial charge in [0.2, 0.25) is 0 Å². The van der Waals surface area contributed by atoms with E-state index in [9.17, 15) is 22.4 Å². The summed E-state index contributed by atoms with van der Waals surface area (Å²) in [7, 11) is -3.71. The number of hydrogen-bond acceptors (Lipinski definition) is 6. The first-order valence-electron chi connectivity index (χ1n) is 8.64. The van der Waals surface area contributed by atoms with Crippen molar-refractivity contribution in [3.05, 3.63) is 65.5 Å². The number of nitrogens with one attached hydrogen (secondary N) is 2. The smallest absolute Gasteiger partial charge is 0.331 e. The molecular formula is C19H18FN3O5S. The Morgan fingerprint density at radius 3 is 2.59 bits per heavy atom. The number of esters is 1. The molecule has 1 heterocycles. The molecule has 0 radical (unpaired) electrons. The standard InChI is InChI=1S/C19H18FN3O5S/c1-12(22-18-15-4-2-3-5-16(15)29(26,27)23-18)19(25)28-11-17(24)21-10-13-6-8-14(20)9-7-13/h2-9,12H,10-11H2,1H3,(H,21,24)(H,22,23)/t12-/m0/s1. The molecule has 1 atom stereocenters. The lowest BCUT2D eigenvalue weighted by molar-refractivity contribution is -0.149. The summed E-state index contributed by atoms with van der Waals surface area (Å²) in [5.74, 6) is -1.64. The summed E-state index contributed by atoms with van der Waals surface area (Å²) in [5, 5.41) is 2.54. The molecule has 1 amide bonds. The van der Waals surface area contributed by atoms with Gasteiger partial charge < -0.3 is 10.1 Å². The van der Waals surface area contributed by atoms with Crippen molar-refractivity contribution in [2.75, 3.05) is 6.61 Å². The number of nitrogens with zero attached hydrogens (tertiary/aromatic N) is 1. The van der Waals surface area contributed by atoms with E-state index in [-0.39, 0.29) is 23.1 Å². The lowest BCUT2D eigenvalue weighted by Gasteiger charge is -2.10. The zero-order chi connectivity index (χ0) is 21.0. The van der Waals surface area contributed by atoms with E-state index in [1.54, 1.807) is 18.2 Å². The summed E-state index contributed by atoms with van der Waals surface area (Å²) >= 11 is 0. The molecule has 0 saturated heterocycles. The van der Waals surface area contributed by atoms with Gasteiger partial charge in [0.1, 0.15) is 17.7 Å². The molecule has 1 aliphatic heterocycles. The fraction of sp³-hybridized carbons (Fsp3) is 0.211. The third-order valence-electron chi connectivity index (χ3n) is 4.08. The van der Waals surface area contributed by atoms with Gasteiger partial charge in [-0.1, -0.05) is 24.3 Å². The Balaban J connectivity index is 1.54. The third-order valence-corrected chi connectivity index (χ3v) is 5.47. The van der Waals surface area contributed by atoms with Crippen molar-refractivity contribution in [2.45, 2.75) is 24.4 Å². The highest BCUT2D eigenvalue weighted by Crippen LogP contribution is 2.22. The number of rotatable bonds is 6. The summed E-state index contributed by atoms with van der Waals surface area (Å²) < 4.78 is 44.2. The Bertz CT molecular complexity index is 1070. The Morgan fingerprint density at radius 2 is 1.86 bits per heavy atom. The molecule has 152 valence electrons. The maximum Gasteiger partial charge on any atom is 0.331 e. The molecule has 0 fully saturated rings. The van der Waals surface area contributed by atoms with Crippen LogP contribution in [0.4, 0.5) is 4.39 Å². The lowest BCUT2D eigenvalue weighted by atomic mass is 10.2. The van der Waals surface area contributed by atoms with E-state index in [1.807, 2.05) is 0 Å². The van der Waals surface area contributed by atoms with E-state index in [0.717, 1.165) is 0 Å². The van der Waals surface area contributed by atoms with E-state index in [1.165, 1.54) is 37.3 Å². The molecule has 0 unspecified atom stereocenters. The normalized spacial score (nSPS) is 16.6. The van der Waals surface area contributed by atoms with Crippen LogP contribution in [0.2, 0.25) is 0 Å². The number of carbonyl (C=O) groups is 2. The topological polar surface area (TPSA) is 114 Å². The van der Waals surface area contributed by atoms with Crippen LogP contribution in [0.5, 0.6) is 0 Å². The molecule has 2 aromatic carbocycles. The van der Waals surface area contributed by atoms with Crippen molar-refractivity contribution >= 4 is 27.7 Å². The van der Waals surface area contributed by atoms with E-state index in [2.05, 4.69) is 15.0 Å². The SMILES string of the molecule is C[C@H](N=C1NS(=O)(=O)c2ccccc21)C(=O)OCC(=O)NCc1ccc(F)cc1. The Kier molecular flexibility index (Phi) is 5.92. The third kappa shape index (κ3) is 4.96. The van der Waals surface area contributed by atoms with Gasteiger partial charge in [0.15, 0.2) is 6.61 Å². The maximum absolute atomic E-state index is 12.8. The van der Waals surface area contributed by atoms with Crippen LogP contribution in [0.15, 0.2) is 58.4 Å². The van der Waals surface area contributed by atoms with Gasteiger partial charge in [-0.25, -0.2) is 17.6 Å². The molecule has 0 bridgehead atoms. The summed E-state index contributed by atoms with van der Waals surface area (Å²) in [6, 6.07) is 10.8. The number of sulfonamides is 1. The van der Waals surface area contributed by atoms with Crippen molar-refractivity contribution in [3.63, 3.8) is 0 Å². The predicted molar refractivity (Wildman–Crippen MR) is 102 cm³/mol. The number of ether oxygens (including phenoxy) is 1. The molecule has 8 nitrogen and oxygen atoms in total. The van der Waals surface area contributed by atoms with E-state index in [4.69, 9.17) is 4.74 Å². The number of amides is 1. The van der Waals surface area contributed by atoms with Crippen LogP contribution in [0, 0.1) is 5.82 Å². The van der Waals surface area contributed by atoms with Crippen molar-refractivity contribution < 1.29 is 27.1 Å². The lowest BCUT2D eigenvalue weighted by Crippen LogP contribution is -2.31. The molecule has 10 heteroatoms. The van der Waals surface area contributed by atoms with Crippen LogP contribution in [-0.4, -0.2) is 38.8 Å². The highest BCUT2D eigenvalue weighted by Gasteiger charge is 2.31. The minimum absolute atomic E-state index is 0.0470. The number of hydrogen-bond donors (Lipinski definition) is 2. The van der Waals surface area contributed by atoms with Gasteiger partial charge in [-0.15, -0.1) is 0 Å². The molecule has 0 spiro atoms. The molecular weight excluding hydrogens is 401 g/mol. The molecule has 3 rings (SSSR count). The number of fused-ring (bicyclic) bond motifs is 1. The van der Waals surface area contributed by atoms with Gasteiger partial charge in [-0.2, -0.15) is 0 Å². The molecule has 0 aromatic heterocycles. The van der Waals surface area contributed by atoms with Crippen LogP contribution in [-0.2, 0) is 30.9 Å². The summed E-state index contributed by atoms with van der Waals surface area (Å²) in [4.78, 5) is 28.1. The Hall–Kier alpha value is -3.27. The highest BCUT2D eigenvalue weighted by molar-refractivity contribution is 7.90. The predicted octanol–water partition coefficient (Wildman–Crippen LogP) is 1.11. The highest BCUT2D eigenvalue weighted by atomic mass is 32.2. The minimum Gasteiger partial charge on any atom is -0.454 e. The van der Waals surface area contributed by atoms with Gasteiger partial charge in [0.05, 0.1) is 4.90 Å². The van der Waals surface area contributed by atoms with Crippen LogP contribution in [0.3, 0.4) is 0 Å². The summed E-state index contributed by atoms with van der Waals surface area (Å²) in [6.07, 6.45) is 0. The van der Waals surface area contributed by atoms with E-state index in [0.29, 0.717) is 11.1 Å². The van der Waals surface area contributed by atoms with Gasteiger partial charge in [0, 0.05) is 12.1 Å². The average molecular weight is 419 g/mol. The van der Waals surface area contributed by atoms with Crippen molar-refractivity contribution in [1.82, 2.24) is 10.0 Å². The van der Waals surface area contributed by atoms with Gasteiger partial charge >= 0.3 is 5.97 Å². The molecule has 2 N–H and O–H groups in total. The summed E-state index contributed by atoms with van der Waals surface area (Å²) in [6.45, 7) is 1.08. The van der Waals surface area contributed by atoms with Crippen molar-refractivity contribution in [3.8, 4) is 0 Å². The number of amidine groups is 1. The number of carbonyl (C=O) groups excluding carboxylic acids is 2. The quantitative estimate of drug-likeness (QED) is 0.681. The van der Waals surface area contributed by atoms with Crippen LogP contribution < -0.4 is 10.0 Å². The first-order valence-corrected chi connectivity index (χ1v) is 10.1. The second-order valence-electron chi connectivity index (χ2n) is 6.27. The Morgan fingerprint density at radius 1 is 1.17 bits per heavy atom. The zero-order valence-electron chi connectivity index (χ0n) is 15.4. The van der Waals surface area contributed by atoms with Crippen LogP contribution in [0.25, 0.3) is 0 Å². The van der Waals surface area contributed by atoms with Gasteiger partial charge in [0.25, 0.3) is 15.9 Å². The number of halogens is 1. The summed E-state index contributed by atoms with van der Waals surface area (Å²) in [5.41, 5.74) is 1.06. The monoisotopic (exact) mass is 419 g/mol. The second kappa shape index (κ2) is 8.39. The minimum atomic E-state index is -3.71. The fourth-order valence-corrected chi connectivity index (χ4v) is 3.83. The molecule has 0 aliphatic carbocycles. The largest absolute Gasteiger partial charge is 0.454 e. The fourth-order valence-electron chi connectivity index (χ4n) is 2.59. The zero-order valence-corrected chi connectivity index (χ0v) is 16.2. The average Bonchev–Trinajstić information content (AvgIpc) is 2.96. The number of benzene rings is 2. The maximum atomic E-state index is 12.8. The van der Waals surface area contributed by atoms with E-state index < -0.39 is 34.5 Å². The molecule has 2 aromatic rings. The van der Waals surface area contributed by atoms with Crippen LogP contribution >= 0.6 is 0 Å². The molecule has 0 saturated carbocycles. The molecule has 1 aliphatic rings. The number of aliphatic imine (C=N–C) groups is 1. The van der Waals surface area contributed by atoms with Crippen molar-refractivity contribution in [2.24, 2.45) is 4.99 Å². The van der Waals surface area contributed by atoms with Gasteiger partial charge in [-0.3, -0.25) is 14.5 Å². The second-order valence-corrected chi connectivity index (χ2v) is 7.92. The molecule has 29 heavy (non-hydrogen) atoms. The van der Waals surface area contributed by atoms with Gasteiger partial charge in [-0.05, 0) is 36.8 Å².